The normalized spacial score (nSPS) is 10.3. The fourth-order valence-electron chi connectivity index (χ4n) is 1.18. The number of rotatable bonds is 5. The number of pyridine rings is 1. The van der Waals surface area contributed by atoms with Gasteiger partial charge in [-0.05, 0) is 18.1 Å². The number of nitrogens with one attached hydrogen (secondary N) is 1. The van der Waals surface area contributed by atoms with Crippen LogP contribution in [0.4, 0.5) is 0 Å². The molecule has 0 aliphatic heterocycles. The summed E-state index contributed by atoms with van der Waals surface area (Å²) in [4.78, 5) is 25.0. The molecule has 4 heteroatoms. The molecular formula is C12H14N2O2. The van der Waals surface area contributed by atoms with E-state index in [0.29, 0.717) is 12.1 Å². The second-order valence-corrected chi connectivity index (χ2v) is 3.34. The van der Waals surface area contributed by atoms with E-state index in [4.69, 9.17) is 0 Å². The summed E-state index contributed by atoms with van der Waals surface area (Å²) in [6, 6.07) is 1.76. The predicted molar refractivity (Wildman–Crippen MR) is 62.0 cm³/mol. The number of nitrogens with zero attached hydrogens (tertiary/aromatic N) is 1. The van der Waals surface area contributed by atoms with Crippen LogP contribution in [0.2, 0.25) is 0 Å². The van der Waals surface area contributed by atoms with E-state index >= 15 is 0 Å². The van der Waals surface area contributed by atoms with Crippen molar-refractivity contribution in [2.75, 3.05) is 6.54 Å². The average Bonchev–Trinajstić information content (AvgIpc) is 2.28. The van der Waals surface area contributed by atoms with Crippen LogP contribution in [0.25, 0.3) is 6.08 Å². The van der Waals surface area contributed by atoms with E-state index in [2.05, 4.69) is 10.3 Å². The van der Waals surface area contributed by atoms with Gasteiger partial charge in [0.05, 0.1) is 0 Å². The molecule has 0 unspecified atom stereocenters. The van der Waals surface area contributed by atoms with Crippen molar-refractivity contribution < 1.29 is 9.59 Å². The minimum Gasteiger partial charge on any atom is -0.356 e. The SMILES string of the molecule is CC(=O)NCCC=Cc1cncc(C=O)c1. The molecule has 1 aromatic heterocycles. The summed E-state index contributed by atoms with van der Waals surface area (Å²) in [5.74, 6) is -0.0296. The van der Waals surface area contributed by atoms with Gasteiger partial charge in [0.25, 0.3) is 0 Å². The number of aromatic nitrogens is 1. The molecule has 16 heavy (non-hydrogen) atoms. The lowest BCUT2D eigenvalue weighted by Crippen LogP contribution is -2.20. The Morgan fingerprint density at radius 3 is 2.88 bits per heavy atom. The topological polar surface area (TPSA) is 59.1 Å². The zero-order valence-electron chi connectivity index (χ0n) is 9.14. The van der Waals surface area contributed by atoms with E-state index in [1.54, 1.807) is 12.3 Å². The highest BCUT2D eigenvalue weighted by atomic mass is 16.1. The second kappa shape index (κ2) is 6.50. The highest BCUT2D eigenvalue weighted by molar-refractivity contribution is 5.75. The van der Waals surface area contributed by atoms with Crippen molar-refractivity contribution >= 4 is 18.3 Å². The van der Waals surface area contributed by atoms with Crippen molar-refractivity contribution in [2.45, 2.75) is 13.3 Å². The first kappa shape index (κ1) is 12.1. The van der Waals surface area contributed by atoms with Gasteiger partial charge in [0.2, 0.25) is 5.91 Å². The number of hydrogen-bond donors (Lipinski definition) is 1. The van der Waals surface area contributed by atoms with E-state index < -0.39 is 0 Å². The molecule has 1 amide bonds. The van der Waals surface area contributed by atoms with Crippen LogP contribution in [0.3, 0.4) is 0 Å². The fourth-order valence-corrected chi connectivity index (χ4v) is 1.18. The van der Waals surface area contributed by atoms with Gasteiger partial charge in [-0.1, -0.05) is 12.2 Å². The molecule has 1 heterocycles. The zero-order valence-corrected chi connectivity index (χ0v) is 9.14. The Bertz CT molecular complexity index is 400. The van der Waals surface area contributed by atoms with E-state index in [0.717, 1.165) is 18.3 Å². The third kappa shape index (κ3) is 4.50. The molecule has 0 aliphatic rings. The molecule has 0 aromatic carbocycles. The fraction of sp³-hybridized carbons (Fsp3) is 0.250. The standard InChI is InChI=1S/C12H14N2O2/c1-10(16)14-5-3-2-4-11-6-12(9-15)8-13-7-11/h2,4,6-9H,3,5H2,1H3,(H,14,16). The second-order valence-electron chi connectivity index (χ2n) is 3.34. The van der Waals surface area contributed by atoms with Crippen LogP contribution in [0.15, 0.2) is 24.5 Å². The summed E-state index contributed by atoms with van der Waals surface area (Å²) >= 11 is 0. The Kier molecular flexibility index (Phi) is 4.92. The first-order valence-electron chi connectivity index (χ1n) is 5.03. The van der Waals surface area contributed by atoms with Crippen molar-refractivity contribution in [1.29, 1.82) is 0 Å². The summed E-state index contributed by atoms with van der Waals surface area (Å²) < 4.78 is 0. The van der Waals surface area contributed by atoms with Gasteiger partial charge >= 0.3 is 0 Å². The summed E-state index contributed by atoms with van der Waals surface area (Å²) in [6.07, 6.45) is 8.53. The lowest BCUT2D eigenvalue weighted by molar-refractivity contribution is -0.118. The molecule has 0 saturated carbocycles. The minimum absolute atomic E-state index is 0.0296. The molecule has 0 radical (unpaired) electrons. The highest BCUT2D eigenvalue weighted by Crippen LogP contribution is 2.03. The molecule has 1 N–H and O–H groups in total. The van der Waals surface area contributed by atoms with Crippen molar-refractivity contribution in [3.8, 4) is 0 Å². The van der Waals surface area contributed by atoms with Crippen LogP contribution in [-0.4, -0.2) is 23.7 Å². The molecule has 0 fully saturated rings. The molecule has 0 atom stereocenters. The maximum Gasteiger partial charge on any atom is 0.216 e. The van der Waals surface area contributed by atoms with E-state index in [1.807, 2.05) is 12.2 Å². The summed E-state index contributed by atoms with van der Waals surface area (Å²) in [6.45, 7) is 2.10. The Hall–Kier alpha value is -1.97. The Labute approximate surface area is 94.4 Å². The Balaban J connectivity index is 2.43. The molecule has 0 spiro atoms. The molecule has 0 saturated heterocycles. The molecule has 0 bridgehead atoms. The lowest BCUT2D eigenvalue weighted by atomic mass is 10.2. The van der Waals surface area contributed by atoms with Crippen molar-refractivity contribution in [3.05, 3.63) is 35.7 Å². The number of carbonyl (C=O) groups excluding carboxylic acids is 2. The maximum absolute atomic E-state index is 10.6. The smallest absolute Gasteiger partial charge is 0.216 e. The quantitative estimate of drug-likeness (QED) is 0.601. The molecular weight excluding hydrogens is 204 g/mol. The van der Waals surface area contributed by atoms with Crippen molar-refractivity contribution in [2.24, 2.45) is 0 Å². The lowest BCUT2D eigenvalue weighted by Gasteiger charge is -1.97. The van der Waals surface area contributed by atoms with Crippen LogP contribution < -0.4 is 5.32 Å². The Morgan fingerprint density at radius 1 is 1.44 bits per heavy atom. The van der Waals surface area contributed by atoms with Crippen molar-refractivity contribution in [3.63, 3.8) is 0 Å². The van der Waals surface area contributed by atoms with Crippen LogP contribution in [0.5, 0.6) is 0 Å². The maximum atomic E-state index is 10.6. The van der Waals surface area contributed by atoms with Crippen molar-refractivity contribution in [1.82, 2.24) is 10.3 Å². The van der Waals surface area contributed by atoms with E-state index in [9.17, 15) is 9.59 Å². The molecule has 1 aromatic rings. The van der Waals surface area contributed by atoms with E-state index in [1.165, 1.54) is 13.1 Å². The van der Waals surface area contributed by atoms with Crippen LogP contribution in [0.1, 0.15) is 29.3 Å². The molecule has 4 nitrogen and oxygen atoms in total. The van der Waals surface area contributed by atoms with Gasteiger partial charge < -0.3 is 5.32 Å². The van der Waals surface area contributed by atoms with E-state index in [-0.39, 0.29) is 5.91 Å². The first-order valence-corrected chi connectivity index (χ1v) is 5.03. The first-order chi connectivity index (χ1) is 7.72. The Morgan fingerprint density at radius 2 is 2.19 bits per heavy atom. The number of carbonyl (C=O) groups is 2. The average molecular weight is 218 g/mol. The van der Waals surface area contributed by atoms with Gasteiger partial charge in [0, 0.05) is 31.4 Å². The third-order valence-corrected chi connectivity index (χ3v) is 1.91. The monoisotopic (exact) mass is 218 g/mol. The largest absolute Gasteiger partial charge is 0.356 e. The van der Waals surface area contributed by atoms with Crippen LogP contribution in [0, 0.1) is 0 Å². The van der Waals surface area contributed by atoms with Gasteiger partial charge in [0.1, 0.15) is 0 Å². The highest BCUT2D eigenvalue weighted by Gasteiger charge is 1.92. The molecule has 0 aliphatic carbocycles. The van der Waals surface area contributed by atoms with Gasteiger partial charge in [-0.15, -0.1) is 0 Å². The molecule has 1 rings (SSSR count). The van der Waals surface area contributed by atoms with Crippen LogP contribution >= 0.6 is 0 Å². The summed E-state index contributed by atoms with van der Waals surface area (Å²) in [5.41, 5.74) is 1.44. The predicted octanol–water partition coefficient (Wildman–Crippen LogP) is 1.43. The minimum atomic E-state index is -0.0296. The van der Waals surface area contributed by atoms with Gasteiger partial charge in [-0.2, -0.15) is 0 Å². The number of hydrogen-bond acceptors (Lipinski definition) is 3. The van der Waals surface area contributed by atoms with Gasteiger partial charge in [-0.3, -0.25) is 14.6 Å². The molecule has 84 valence electrons. The number of amides is 1. The third-order valence-electron chi connectivity index (χ3n) is 1.91. The zero-order chi connectivity index (χ0) is 11.8. The van der Waals surface area contributed by atoms with Crippen LogP contribution in [-0.2, 0) is 4.79 Å². The summed E-state index contributed by atoms with van der Waals surface area (Å²) in [7, 11) is 0. The van der Waals surface area contributed by atoms with Gasteiger partial charge in [-0.25, -0.2) is 0 Å². The summed E-state index contributed by atoms with van der Waals surface area (Å²) in [5, 5.41) is 2.69. The number of aldehydes is 1. The van der Waals surface area contributed by atoms with Gasteiger partial charge in [0.15, 0.2) is 6.29 Å².